The number of nitrogens with two attached hydrogens (primary N) is 1. The van der Waals surface area contributed by atoms with E-state index in [0.717, 1.165) is 0 Å². The Kier molecular flexibility index (Phi) is 3.89. The van der Waals surface area contributed by atoms with E-state index in [0.29, 0.717) is 25.0 Å². The molecule has 2 atom stereocenters. The number of rotatable bonds is 4. The Labute approximate surface area is 115 Å². The van der Waals surface area contributed by atoms with Gasteiger partial charge in [-0.2, -0.15) is 0 Å². The number of esters is 1. The van der Waals surface area contributed by atoms with Crippen LogP contribution in [0, 0.1) is 10.1 Å². The molecule has 0 aliphatic heterocycles. The summed E-state index contributed by atoms with van der Waals surface area (Å²) >= 11 is 0. The van der Waals surface area contributed by atoms with Crippen LogP contribution >= 0.6 is 0 Å². The third kappa shape index (κ3) is 2.88. The number of nitro benzene ring substituents is 1. The summed E-state index contributed by atoms with van der Waals surface area (Å²) in [5.74, 6) is -0.0547. The van der Waals surface area contributed by atoms with E-state index < -0.39 is 16.4 Å². The fraction of sp³-hybridized carbons (Fsp3) is 0.462. The van der Waals surface area contributed by atoms with Crippen LogP contribution in [0.3, 0.4) is 0 Å². The Morgan fingerprint density at radius 3 is 2.95 bits per heavy atom. The molecule has 7 nitrogen and oxygen atoms in total. The van der Waals surface area contributed by atoms with E-state index in [4.69, 9.17) is 10.5 Å². The molecule has 0 saturated heterocycles. The molecule has 0 heterocycles. The topological polar surface area (TPSA) is 105 Å². The van der Waals surface area contributed by atoms with Crippen molar-refractivity contribution in [3.8, 4) is 5.75 Å². The van der Waals surface area contributed by atoms with Crippen LogP contribution in [0.4, 0.5) is 5.69 Å². The SMILES string of the molecule is COC(=O)C1(N)CCC(Oc2cccc([N+](=O)[O-])c2)C1. The minimum absolute atomic E-state index is 0.0347. The standard InChI is InChI=1S/C13H16N2O5/c1-19-12(16)13(14)6-5-11(8-13)20-10-4-2-3-9(7-10)15(17)18/h2-4,7,11H,5-6,8,14H2,1H3. The Hall–Kier alpha value is -2.15. The van der Waals surface area contributed by atoms with E-state index in [1.807, 2.05) is 0 Å². The maximum Gasteiger partial charge on any atom is 0.325 e. The Balaban J connectivity index is 2.04. The Morgan fingerprint density at radius 1 is 1.55 bits per heavy atom. The smallest absolute Gasteiger partial charge is 0.325 e. The zero-order valence-electron chi connectivity index (χ0n) is 11.1. The first-order valence-electron chi connectivity index (χ1n) is 6.23. The van der Waals surface area contributed by atoms with Crippen molar-refractivity contribution in [3.05, 3.63) is 34.4 Å². The molecule has 0 spiro atoms. The quantitative estimate of drug-likeness (QED) is 0.507. The van der Waals surface area contributed by atoms with E-state index in [1.54, 1.807) is 12.1 Å². The first-order valence-corrected chi connectivity index (χ1v) is 6.23. The summed E-state index contributed by atoms with van der Waals surface area (Å²) in [6.07, 6.45) is 1.16. The van der Waals surface area contributed by atoms with Crippen molar-refractivity contribution >= 4 is 11.7 Å². The van der Waals surface area contributed by atoms with Gasteiger partial charge in [-0.3, -0.25) is 14.9 Å². The number of hydrogen-bond donors (Lipinski definition) is 1. The lowest BCUT2D eigenvalue weighted by molar-refractivity contribution is -0.384. The van der Waals surface area contributed by atoms with Crippen LogP contribution < -0.4 is 10.5 Å². The second kappa shape index (κ2) is 5.46. The highest BCUT2D eigenvalue weighted by Crippen LogP contribution is 2.32. The molecule has 0 amide bonds. The van der Waals surface area contributed by atoms with Crippen molar-refractivity contribution in [1.29, 1.82) is 0 Å². The number of non-ortho nitro benzene ring substituents is 1. The summed E-state index contributed by atoms with van der Waals surface area (Å²) in [6, 6.07) is 5.94. The van der Waals surface area contributed by atoms with Gasteiger partial charge in [0, 0.05) is 12.5 Å². The predicted octanol–water partition coefficient (Wildman–Crippen LogP) is 1.40. The average molecular weight is 280 g/mol. The van der Waals surface area contributed by atoms with Gasteiger partial charge in [-0.1, -0.05) is 6.07 Å². The molecule has 7 heteroatoms. The van der Waals surface area contributed by atoms with E-state index in [-0.39, 0.29) is 11.8 Å². The van der Waals surface area contributed by atoms with Gasteiger partial charge in [-0.05, 0) is 18.9 Å². The molecular formula is C13H16N2O5. The van der Waals surface area contributed by atoms with Gasteiger partial charge in [0.1, 0.15) is 17.4 Å². The summed E-state index contributed by atoms with van der Waals surface area (Å²) < 4.78 is 10.3. The number of hydrogen-bond acceptors (Lipinski definition) is 6. The van der Waals surface area contributed by atoms with Crippen LogP contribution in [0.15, 0.2) is 24.3 Å². The molecule has 2 rings (SSSR count). The second-order valence-electron chi connectivity index (χ2n) is 4.88. The minimum atomic E-state index is -1.03. The first-order chi connectivity index (χ1) is 9.44. The second-order valence-corrected chi connectivity index (χ2v) is 4.88. The summed E-state index contributed by atoms with van der Waals surface area (Å²) in [5, 5.41) is 10.7. The predicted molar refractivity (Wildman–Crippen MR) is 70.3 cm³/mol. The van der Waals surface area contributed by atoms with Crippen LogP contribution in [0.5, 0.6) is 5.75 Å². The molecule has 1 aromatic carbocycles. The highest BCUT2D eigenvalue weighted by Gasteiger charge is 2.44. The number of carbonyl (C=O) groups is 1. The van der Waals surface area contributed by atoms with Crippen LogP contribution in [-0.4, -0.2) is 29.6 Å². The van der Waals surface area contributed by atoms with E-state index in [9.17, 15) is 14.9 Å². The number of benzene rings is 1. The number of methoxy groups -OCH3 is 1. The van der Waals surface area contributed by atoms with Gasteiger partial charge in [0.15, 0.2) is 0 Å². The molecule has 2 unspecified atom stereocenters. The van der Waals surface area contributed by atoms with Gasteiger partial charge in [0.25, 0.3) is 5.69 Å². The summed E-state index contributed by atoms with van der Waals surface area (Å²) in [6.45, 7) is 0. The van der Waals surface area contributed by atoms with Crippen molar-refractivity contribution < 1.29 is 19.2 Å². The molecule has 0 bridgehead atoms. The average Bonchev–Trinajstić information content (AvgIpc) is 2.80. The van der Waals surface area contributed by atoms with E-state index in [2.05, 4.69) is 4.74 Å². The van der Waals surface area contributed by atoms with Crippen molar-refractivity contribution in [2.75, 3.05) is 7.11 Å². The Morgan fingerprint density at radius 2 is 2.30 bits per heavy atom. The highest BCUT2D eigenvalue weighted by atomic mass is 16.6. The lowest BCUT2D eigenvalue weighted by atomic mass is 10.00. The summed E-state index contributed by atoms with van der Waals surface area (Å²) in [5.41, 5.74) is 4.91. The van der Waals surface area contributed by atoms with Gasteiger partial charge in [0.2, 0.25) is 0 Å². The van der Waals surface area contributed by atoms with E-state index >= 15 is 0 Å². The largest absolute Gasteiger partial charge is 0.490 e. The summed E-state index contributed by atoms with van der Waals surface area (Å²) in [4.78, 5) is 21.8. The number of nitro groups is 1. The number of nitrogens with zero attached hydrogens (tertiary/aromatic N) is 1. The highest BCUT2D eigenvalue weighted by molar-refractivity contribution is 5.80. The molecule has 1 aliphatic carbocycles. The molecular weight excluding hydrogens is 264 g/mol. The van der Waals surface area contributed by atoms with Crippen LogP contribution in [0.1, 0.15) is 19.3 Å². The van der Waals surface area contributed by atoms with Crippen molar-refractivity contribution in [2.45, 2.75) is 30.9 Å². The number of carbonyl (C=O) groups excluding carboxylic acids is 1. The van der Waals surface area contributed by atoms with Gasteiger partial charge >= 0.3 is 5.97 Å². The molecule has 0 radical (unpaired) electrons. The maximum atomic E-state index is 11.6. The van der Waals surface area contributed by atoms with Crippen LogP contribution in [0.25, 0.3) is 0 Å². The van der Waals surface area contributed by atoms with Gasteiger partial charge in [-0.25, -0.2) is 0 Å². The van der Waals surface area contributed by atoms with Crippen LogP contribution in [0.2, 0.25) is 0 Å². The van der Waals surface area contributed by atoms with Crippen molar-refractivity contribution in [3.63, 3.8) is 0 Å². The lowest BCUT2D eigenvalue weighted by Gasteiger charge is -2.20. The van der Waals surface area contributed by atoms with Gasteiger partial charge in [0.05, 0.1) is 18.1 Å². The minimum Gasteiger partial charge on any atom is -0.490 e. The molecule has 1 aliphatic rings. The Bertz CT molecular complexity index is 533. The van der Waals surface area contributed by atoms with Gasteiger partial charge in [-0.15, -0.1) is 0 Å². The molecule has 1 fully saturated rings. The zero-order chi connectivity index (χ0) is 14.8. The first kappa shape index (κ1) is 14.3. The maximum absolute atomic E-state index is 11.6. The summed E-state index contributed by atoms with van der Waals surface area (Å²) in [7, 11) is 1.30. The van der Waals surface area contributed by atoms with Crippen LogP contribution in [-0.2, 0) is 9.53 Å². The van der Waals surface area contributed by atoms with Crippen molar-refractivity contribution in [1.82, 2.24) is 0 Å². The van der Waals surface area contributed by atoms with Gasteiger partial charge < -0.3 is 15.2 Å². The van der Waals surface area contributed by atoms with Crippen molar-refractivity contribution in [2.24, 2.45) is 5.73 Å². The molecule has 0 aromatic heterocycles. The zero-order valence-corrected chi connectivity index (χ0v) is 11.1. The third-order valence-electron chi connectivity index (χ3n) is 3.43. The van der Waals surface area contributed by atoms with E-state index in [1.165, 1.54) is 19.2 Å². The molecule has 2 N–H and O–H groups in total. The third-order valence-corrected chi connectivity index (χ3v) is 3.43. The molecule has 108 valence electrons. The molecule has 20 heavy (non-hydrogen) atoms. The molecule has 1 saturated carbocycles. The monoisotopic (exact) mass is 280 g/mol. The lowest BCUT2D eigenvalue weighted by Crippen LogP contribution is -2.47. The fourth-order valence-corrected chi connectivity index (χ4v) is 2.38. The number of ether oxygens (including phenoxy) is 2. The normalized spacial score (nSPS) is 25.2. The molecule has 1 aromatic rings. The fourth-order valence-electron chi connectivity index (χ4n) is 2.38.